The van der Waals surface area contributed by atoms with E-state index in [1.807, 2.05) is 53.4 Å². The molecular weight excluding hydrogens is 350 g/mol. The Hall–Kier alpha value is -2.53. The molecule has 2 fully saturated rings. The molecule has 1 saturated carbocycles. The Labute approximate surface area is 167 Å². The lowest BCUT2D eigenvalue weighted by molar-refractivity contribution is 0.0706. The third-order valence-electron chi connectivity index (χ3n) is 5.68. The number of methoxy groups -OCH3 is 1. The quantitative estimate of drug-likeness (QED) is 0.762. The van der Waals surface area contributed by atoms with E-state index in [0.29, 0.717) is 6.04 Å². The fourth-order valence-corrected chi connectivity index (χ4v) is 3.75. The van der Waals surface area contributed by atoms with Gasteiger partial charge >= 0.3 is 0 Å². The maximum Gasteiger partial charge on any atom is 0.255 e. The van der Waals surface area contributed by atoms with Crippen LogP contribution in [0.25, 0.3) is 0 Å². The minimum Gasteiger partial charge on any atom is -0.497 e. The minimum absolute atomic E-state index is 0.103. The Morgan fingerprint density at radius 1 is 1.07 bits per heavy atom. The molecule has 5 nitrogen and oxygen atoms in total. The Bertz CT molecular complexity index is 811. The van der Waals surface area contributed by atoms with Gasteiger partial charge in [-0.2, -0.15) is 0 Å². The van der Waals surface area contributed by atoms with Gasteiger partial charge < -0.3 is 20.3 Å². The SMILES string of the molecule is COc1cccc(Nc2ccccc2C(=O)N2CCC(NCC3CC3)CC2)c1. The molecule has 1 saturated heterocycles. The van der Waals surface area contributed by atoms with E-state index in [1.54, 1.807) is 7.11 Å². The van der Waals surface area contributed by atoms with Gasteiger partial charge in [0, 0.05) is 30.9 Å². The van der Waals surface area contributed by atoms with Crippen LogP contribution >= 0.6 is 0 Å². The zero-order chi connectivity index (χ0) is 19.3. The first-order valence-electron chi connectivity index (χ1n) is 10.3. The Kier molecular flexibility index (Phi) is 5.81. The third-order valence-corrected chi connectivity index (χ3v) is 5.68. The molecule has 2 aromatic carbocycles. The summed E-state index contributed by atoms with van der Waals surface area (Å²) in [6.45, 7) is 2.77. The van der Waals surface area contributed by atoms with E-state index in [-0.39, 0.29) is 5.91 Å². The van der Waals surface area contributed by atoms with Gasteiger partial charge in [-0.3, -0.25) is 4.79 Å². The molecule has 1 aliphatic heterocycles. The number of carbonyl (C=O) groups excluding carboxylic acids is 1. The van der Waals surface area contributed by atoms with E-state index in [2.05, 4.69) is 10.6 Å². The molecule has 0 spiro atoms. The molecule has 28 heavy (non-hydrogen) atoms. The summed E-state index contributed by atoms with van der Waals surface area (Å²) in [5.41, 5.74) is 2.45. The number of likely N-dealkylation sites (tertiary alicyclic amines) is 1. The van der Waals surface area contributed by atoms with Crippen molar-refractivity contribution in [2.75, 3.05) is 32.1 Å². The van der Waals surface area contributed by atoms with Gasteiger partial charge in [0.1, 0.15) is 5.75 Å². The standard InChI is InChI=1S/C23H29N3O2/c1-28-20-6-4-5-19(15-20)25-22-8-3-2-7-21(22)23(27)26-13-11-18(12-14-26)24-16-17-9-10-17/h2-8,15,17-18,24-25H,9-14,16H2,1H3. The van der Waals surface area contributed by atoms with Gasteiger partial charge in [-0.1, -0.05) is 18.2 Å². The predicted molar refractivity (Wildman–Crippen MR) is 112 cm³/mol. The molecule has 5 heteroatoms. The number of hydrogen-bond donors (Lipinski definition) is 2. The summed E-state index contributed by atoms with van der Waals surface area (Å²) >= 11 is 0. The highest BCUT2D eigenvalue weighted by Crippen LogP contribution is 2.29. The van der Waals surface area contributed by atoms with Crippen LogP contribution in [0.15, 0.2) is 48.5 Å². The topological polar surface area (TPSA) is 53.6 Å². The van der Waals surface area contributed by atoms with Crippen LogP contribution in [-0.4, -0.2) is 43.6 Å². The second-order valence-corrected chi connectivity index (χ2v) is 7.82. The number of rotatable bonds is 7. The van der Waals surface area contributed by atoms with Crippen LogP contribution in [0.3, 0.4) is 0 Å². The van der Waals surface area contributed by atoms with E-state index < -0.39 is 0 Å². The zero-order valence-corrected chi connectivity index (χ0v) is 16.5. The number of carbonyl (C=O) groups is 1. The van der Waals surface area contributed by atoms with Crippen LogP contribution in [-0.2, 0) is 0 Å². The lowest BCUT2D eigenvalue weighted by Crippen LogP contribution is -2.45. The summed E-state index contributed by atoms with van der Waals surface area (Å²) in [6, 6.07) is 16.0. The molecule has 148 valence electrons. The fraction of sp³-hybridized carbons (Fsp3) is 0.435. The Morgan fingerprint density at radius 2 is 1.86 bits per heavy atom. The molecule has 0 unspecified atom stereocenters. The maximum absolute atomic E-state index is 13.2. The van der Waals surface area contributed by atoms with Crippen LogP contribution in [0.4, 0.5) is 11.4 Å². The zero-order valence-electron chi connectivity index (χ0n) is 16.5. The van der Waals surface area contributed by atoms with Crippen LogP contribution in [0.1, 0.15) is 36.0 Å². The van der Waals surface area contributed by atoms with Crippen LogP contribution in [0.2, 0.25) is 0 Å². The van der Waals surface area contributed by atoms with E-state index in [4.69, 9.17) is 4.74 Å². The molecule has 2 N–H and O–H groups in total. The van der Waals surface area contributed by atoms with E-state index in [0.717, 1.165) is 61.1 Å². The normalized spacial score (nSPS) is 17.4. The summed E-state index contributed by atoms with van der Waals surface area (Å²) < 4.78 is 5.29. The van der Waals surface area contributed by atoms with E-state index in [9.17, 15) is 4.79 Å². The fourth-order valence-electron chi connectivity index (χ4n) is 3.75. The molecule has 1 aliphatic carbocycles. The molecule has 0 radical (unpaired) electrons. The first kappa shape index (κ1) is 18.8. The molecule has 1 heterocycles. The van der Waals surface area contributed by atoms with Gasteiger partial charge in [0.25, 0.3) is 5.91 Å². The van der Waals surface area contributed by atoms with Crippen molar-refractivity contribution in [2.45, 2.75) is 31.7 Å². The van der Waals surface area contributed by atoms with Crippen LogP contribution in [0, 0.1) is 5.92 Å². The lowest BCUT2D eigenvalue weighted by atomic mass is 10.0. The molecule has 2 aliphatic rings. The lowest BCUT2D eigenvalue weighted by Gasteiger charge is -2.33. The summed E-state index contributed by atoms with van der Waals surface area (Å²) in [5, 5.41) is 7.05. The van der Waals surface area contributed by atoms with Gasteiger partial charge in [-0.25, -0.2) is 0 Å². The molecular formula is C23H29N3O2. The Balaban J connectivity index is 1.40. The molecule has 0 bridgehead atoms. The number of benzene rings is 2. The molecule has 0 aromatic heterocycles. The molecule has 1 amide bonds. The largest absolute Gasteiger partial charge is 0.497 e. The average molecular weight is 380 g/mol. The van der Waals surface area contributed by atoms with E-state index >= 15 is 0 Å². The van der Waals surface area contributed by atoms with Crippen molar-refractivity contribution in [3.05, 3.63) is 54.1 Å². The molecule has 0 atom stereocenters. The van der Waals surface area contributed by atoms with Gasteiger partial charge in [0.2, 0.25) is 0 Å². The second kappa shape index (κ2) is 8.65. The van der Waals surface area contributed by atoms with E-state index in [1.165, 1.54) is 12.8 Å². The van der Waals surface area contributed by atoms with Crippen molar-refractivity contribution >= 4 is 17.3 Å². The molecule has 4 rings (SSSR count). The van der Waals surface area contributed by atoms with Crippen LogP contribution < -0.4 is 15.4 Å². The third kappa shape index (κ3) is 4.65. The number of anilines is 2. The van der Waals surface area contributed by atoms with Gasteiger partial charge in [0.15, 0.2) is 0 Å². The summed E-state index contributed by atoms with van der Waals surface area (Å²) in [7, 11) is 1.65. The Morgan fingerprint density at radius 3 is 2.61 bits per heavy atom. The van der Waals surface area contributed by atoms with Crippen molar-refractivity contribution in [1.29, 1.82) is 0 Å². The summed E-state index contributed by atoms with van der Waals surface area (Å²) in [6.07, 6.45) is 4.82. The van der Waals surface area contributed by atoms with Gasteiger partial charge in [-0.05, 0) is 62.4 Å². The maximum atomic E-state index is 13.2. The number of para-hydroxylation sites is 1. The number of piperidine rings is 1. The number of ether oxygens (including phenoxy) is 1. The highest BCUT2D eigenvalue weighted by molar-refractivity contribution is 6.00. The second-order valence-electron chi connectivity index (χ2n) is 7.82. The van der Waals surface area contributed by atoms with Gasteiger partial charge in [-0.15, -0.1) is 0 Å². The summed E-state index contributed by atoms with van der Waals surface area (Å²) in [5.74, 6) is 1.79. The van der Waals surface area contributed by atoms with Crippen molar-refractivity contribution < 1.29 is 9.53 Å². The average Bonchev–Trinajstić information content (AvgIpc) is 3.57. The smallest absolute Gasteiger partial charge is 0.255 e. The number of amides is 1. The first-order valence-corrected chi connectivity index (χ1v) is 10.3. The van der Waals surface area contributed by atoms with Crippen molar-refractivity contribution in [2.24, 2.45) is 5.92 Å². The highest BCUT2D eigenvalue weighted by Gasteiger charge is 2.27. The van der Waals surface area contributed by atoms with Crippen molar-refractivity contribution in [1.82, 2.24) is 10.2 Å². The van der Waals surface area contributed by atoms with Crippen molar-refractivity contribution in [3.63, 3.8) is 0 Å². The minimum atomic E-state index is 0.103. The van der Waals surface area contributed by atoms with Crippen molar-refractivity contribution in [3.8, 4) is 5.75 Å². The monoisotopic (exact) mass is 379 g/mol. The number of nitrogens with zero attached hydrogens (tertiary/aromatic N) is 1. The summed E-state index contributed by atoms with van der Waals surface area (Å²) in [4.78, 5) is 15.1. The number of nitrogens with one attached hydrogen (secondary N) is 2. The van der Waals surface area contributed by atoms with Gasteiger partial charge in [0.05, 0.1) is 18.4 Å². The highest BCUT2D eigenvalue weighted by atomic mass is 16.5. The molecule has 2 aromatic rings. The van der Waals surface area contributed by atoms with Crippen LogP contribution in [0.5, 0.6) is 5.75 Å². The first-order chi connectivity index (χ1) is 13.7. The number of hydrogen-bond acceptors (Lipinski definition) is 4. The predicted octanol–water partition coefficient (Wildman–Crippen LogP) is 4.04.